The van der Waals surface area contributed by atoms with Crippen molar-refractivity contribution in [3.05, 3.63) is 11.6 Å². The molecule has 374 valence electrons. The lowest BCUT2D eigenvalue weighted by Gasteiger charge is -2.69. The van der Waals surface area contributed by atoms with Crippen molar-refractivity contribution in [2.45, 2.75) is 203 Å². The van der Waals surface area contributed by atoms with Crippen LogP contribution in [-0.2, 0) is 33.2 Å². The molecule has 18 heteroatoms. The minimum Gasteiger partial charge on any atom is -0.394 e. The molecule has 0 aromatic carbocycles. The minimum atomic E-state index is -1.76. The maximum atomic E-state index is 13.9. The van der Waals surface area contributed by atoms with Crippen molar-refractivity contribution in [1.29, 1.82) is 0 Å². The predicted octanol–water partition coefficient (Wildman–Crippen LogP) is -0.207. The quantitative estimate of drug-likeness (QED) is 0.0611. The van der Waals surface area contributed by atoms with Crippen LogP contribution in [-0.4, -0.2) is 187 Å². The molecule has 7 rings (SSSR count). The van der Waals surface area contributed by atoms with Crippen LogP contribution in [0.2, 0.25) is 0 Å². The first kappa shape index (κ1) is 51.6. The lowest BCUT2D eigenvalue weighted by atomic mass is 9.35. The zero-order chi connectivity index (χ0) is 47.6. The average molecular weight is 931 g/mol. The van der Waals surface area contributed by atoms with Gasteiger partial charge in [0.2, 0.25) is 0 Å². The number of allylic oxidation sites excluding steroid dienone is 2. The van der Waals surface area contributed by atoms with Gasteiger partial charge in [-0.15, -0.1) is 0 Å². The number of hydrogen-bond acceptors (Lipinski definition) is 18. The molecular formula is C47H78O18. The highest BCUT2D eigenvalue weighted by molar-refractivity contribution is 5.62. The first-order valence-electron chi connectivity index (χ1n) is 23.9. The van der Waals surface area contributed by atoms with Crippen LogP contribution in [0.15, 0.2) is 11.6 Å². The molecule has 0 bridgehead atoms. The van der Waals surface area contributed by atoms with Gasteiger partial charge in [-0.1, -0.05) is 39.3 Å². The molecule has 65 heavy (non-hydrogen) atoms. The molecule has 0 amide bonds. The smallest absolute Gasteiger partial charge is 0.187 e. The molecule has 4 saturated carbocycles. The Labute approximate surface area is 381 Å². The molecule has 3 aliphatic heterocycles. The molecule has 11 N–H and O–H groups in total. The Kier molecular flexibility index (Phi) is 15.5. The van der Waals surface area contributed by atoms with Gasteiger partial charge in [0.25, 0.3) is 0 Å². The maximum Gasteiger partial charge on any atom is 0.187 e. The monoisotopic (exact) mass is 931 g/mol. The second-order valence-electron chi connectivity index (χ2n) is 22.0. The van der Waals surface area contributed by atoms with E-state index < -0.39 is 122 Å². The van der Waals surface area contributed by atoms with Gasteiger partial charge in [0.05, 0.1) is 38.1 Å². The number of fused-ring (bicyclic) bond motifs is 5. The van der Waals surface area contributed by atoms with E-state index in [0.717, 1.165) is 31.3 Å². The number of rotatable bonds is 14. The Morgan fingerprint density at radius 3 is 1.92 bits per heavy atom. The van der Waals surface area contributed by atoms with Crippen molar-refractivity contribution in [3.63, 3.8) is 0 Å². The summed E-state index contributed by atoms with van der Waals surface area (Å²) >= 11 is 0. The van der Waals surface area contributed by atoms with Gasteiger partial charge < -0.3 is 89.4 Å². The Morgan fingerprint density at radius 1 is 0.692 bits per heavy atom. The second-order valence-corrected chi connectivity index (χ2v) is 22.0. The Morgan fingerprint density at radius 2 is 1.31 bits per heavy atom. The Balaban J connectivity index is 1.10. The highest BCUT2D eigenvalue weighted by Gasteiger charge is 2.71. The molecule has 0 aromatic rings. The zero-order valence-electron chi connectivity index (χ0n) is 38.8. The van der Waals surface area contributed by atoms with Crippen molar-refractivity contribution in [2.24, 2.45) is 45.3 Å². The van der Waals surface area contributed by atoms with Gasteiger partial charge in [-0.3, -0.25) is 0 Å². The number of carbonyl (C=O) groups excluding carboxylic acids is 1. The van der Waals surface area contributed by atoms with E-state index in [1.165, 1.54) is 6.29 Å². The topological polar surface area (TPSA) is 295 Å². The fourth-order valence-corrected chi connectivity index (χ4v) is 14.3. The van der Waals surface area contributed by atoms with E-state index in [0.29, 0.717) is 38.5 Å². The summed E-state index contributed by atoms with van der Waals surface area (Å²) in [7, 11) is 0. The van der Waals surface area contributed by atoms with E-state index in [-0.39, 0.29) is 47.7 Å². The largest absolute Gasteiger partial charge is 0.394 e. The molecule has 7 aliphatic rings. The molecule has 0 aromatic heterocycles. The fourth-order valence-electron chi connectivity index (χ4n) is 14.3. The van der Waals surface area contributed by atoms with Crippen LogP contribution in [0.25, 0.3) is 0 Å². The third-order valence-corrected chi connectivity index (χ3v) is 18.2. The standard InChI is InChI=1S/C47H78O18/c1-23(2)8-7-14-47(59,22-61-40-37(57)35(55)33(53)27(18-48)62-40)25-11-15-44(5)24(25)9-10-30-45(44,6)16-12-29-43(3,4)31(13-17-46(29,30)21-50)64-42-39(32(52)26(51)20-60-42)65-41-38(58)36(56)34(54)28(19-49)63-41/h8,21,24-42,48-49,51-59H,7,9-20,22H2,1-6H3/t24-,25+,26+,27-,28-,29+,30+,31+,32+,33-,34-,35+,36+,37-,38-,39-,40-,41+,42+,44-,45-,46-,47-/m1/s1. The normalized spacial score (nSPS) is 50.6. The van der Waals surface area contributed by atoms with Crippen LogP contribution >= 0.6 is 0 Å². The lowest BCUT2D eigenvalue weighted by molar-refractivity contribution is -0.367. The van der Waals surface area contributed by atoms with E-state index in [4.69, 9.17) is 28.4 Å². The molecule has 0 unspecified atom stereocenters. The highest BCUT2D eigenvalue weighted by atomic mass is 16.8. The van der Waals surface area contributed by atoms with Crippen LogP contribution < -0.4 is 0 Å². The molecular weight excluding hydrogens is 852 g/mol. The van der Waals surface area contributed by atoms with Crippen LogP contribution in [0, 0.1) is 45.3 Å². The summed E-state index contributed by atoms with van der Waals surface area (Å²) in [6, 6.07) is 0. The van der Waals surface area contributed by atoms with Gasteiger partial charge in [0.15, 0.2) is 18.9 Å². The first-order valence-corrected chi connectivity index (χ1v) is 23.9. The molecule has 3 saturated heterocycles. The number of carbonyl (C=O) groups is 1. The van der Waals surface area contributed by atoms with Gasteiger partial charge in [-0.05, 0) is 118 Å². The summed E-state index contributed by atoms with van der Waals surface area (Å²) in [5.74, 6) is -0.231. The van der Waals surface area contributed by atoms with Crippen LogP contribution in [0.4, 0.5) is 0 Å². The summed E-state index contributed by atoms with van der Waals surface area (Å²) in [5.41, 5.74) is -2.13. The van der Waals surface area contributed by atoms with Crippen molar-refractivity contribution >= 4 is 6.29 Å². The Bertz CT molecular complexity index is 1660. The first-order chi connectivity index (χ1) is 30.5. The SMILES string of the molecule is CC(C)=CCC[C@@](O)(CO[C@@H]1O[C@H](CO)[C@@H](O)[C@H](O)[C@H]1O)[C@H]1CC[C@]2(C)[C@@H]1CC[C@@H]1[C@@]3(C=O)CC[C@H](O[C@@H]4OC[C@H](O)[C@H](O)[C@H]4O[C@@H]4O[C@H](CO)[C@@H](O)[C@H](O)[C@H]4O)C(C)(C)[C@@H]3CC[C@]12C. The van der Waals surface area contributed by atoms with E-state index in [9.17, 15) is 61.0 Å². The second kappa shape index (κ2) is 19.5. The van der Waals surface area contributed by atoms with Gasteiger partial charge in [-0.2, -0.15) is 0 Å². The van der Waals surface area contributed by atoms with E-state index in [1.54, 1.807) is 0 Å². The molecule has 3 heterocycles. The summed E-state index contributed by atoms with van der Waals surface area (Å²) in [5, 5.41) is 117. The predicted molar refractivity (Wildman–Crippen MR) is 228 cm³/mol. The van der Waals surface area contributed by atoms with E-state index >= 15 is 0 Å². The number of aliphatic hydroxyl groups excluding tert-OH is 10. The molecule has 23 atom stereocenters. The molecule has 7 fully saturated rings. The third kappa shape index (κ3) is 8.85. The molecule has 4 aliphatic carbocycles. The summed E-state index contributed by atoms with van der Waals surface area (Å²) in [4.78, 5) is 13.9. The maximum absolute atomic E-state index is 13.9. The number of hydrogen-bond donors (Lipinski definition) is 11. The highest BCUT2D eigenvalue weighted by Crippen LogP contribution is 2.75. The number of aliphatic hydroxyl groups is 11. The summed E-state index contributed by atoms with van der Waals surface area (Å²) < 4.78 is 36.0. The zero-order valence-corrected chi connectivity index (χ0v) is 38.8. The third-order valence-electron chi connectivity index (χ3n) is 18.2. The van der Waals surface area contributed by atoms with Gasteiger partial charge in [-0.25, -0.2) is 0 Å². The number of ether oxygens (including phenoxy) is 6. The van der Waals surface area contributed by atoms with Crippen molar-refractivity contribution in [1.82, 2.24) is 0 Å². The van der Waals surface area contributed by atoms with E-state index in [2.05, 4.69) is 33.8 Å². The molecule has 0 radical (unpaired) electrons. The van der Waals surface area contributed by atoms with Crippen LogP contribution in [0.3, 0.4) is 0 Å². The number of aldehydes is 1. The molecule has 18 nitrogen and oxygen atoms in total. The van der Waals surface area contributed by atoms with Gasteiger partial charge >= 0.3 is 0 Å². The van der Waals surface area contributed by atoms with Crippen molar-refractivity contribution in [3.8, 4) is 0 Å². The average Bonchev–Trinajstić information content (AvgIpc) is 3.64. The molecule has 0 spiro atoms. The van der Waals surface area contributed by atoms with Crippen molar-refractivity contribution < 1.29 is 89.4 Å². The van der Waals surface area contributed by atoms with Gasteiger partial charge in [0.1, 0.15) is 73.4 Å². The van der Waals surface area contributed by atoms with Crippen LogP contribution in [0.1, 0.15) is 106 Å². The summed E-state index contributed by atoms with van der Waals surface area (Å²) in [6.07, 6.45) is -11.6. The fraction of sp³-hybridized carbons (Fsp3) is 0.936. The van der Waals surface area contributed by atoms with Gasteiger partial charge in [0, 0.05) is 5.41 Å². The minimum absolute atomic E-state index is 0.0146. The van der Waals surface area contributed by atoms with E-state index in [1.807, 2.05) is 13.8 Å². The Hall–Kier alpha value is -1.27. The van der Waals surface area contributed by atoms with Crippen LogP contribution in [0.5, 0.6) is 0 Å². The lowest BCUT2D eigenvalue weighted by Crippen LogP contribution is -2.67. The van der Waals surface area contributed by atoms with Crippen molar-refractivity contribution in [2.75, 3.05) is 26.4 Å². The summed E-state index contributed by atoms with van der Waals surface area (Å²) in [6.45, 7) is 11.1.